The minimum Gasteiger partial charge on any atom is -0.467 e. The Morgan fingerprint density at radius 2 is 1.94 bits per heavy atom. The van der Waals surface area contributed by atoms with Crippen LogP contribution in [0.25, 0.3) is 11.4 Å². The second kappa shape index (κ2) is 9.27. The predicted molar refractivity (Wildman–Crippen MR) is 127 cm³/mol. The molecular weight excluding hydrogens is 438 g/mol. The summed E-state index contributed by atoms with van der Waals surface area (Å²) in [6.45, 7) is 10.6. The first kappa shape index (κ1) is 22.8. The van der Waals surface area contributed by atoms with Crippen molar-refractivity contribution in [2.75, 3.05) is 5.32 Å². The summed E-state index contributed by atoms with van der Waals surface area (Å²) < 4.78 is 12.6. The second-order valence-corrected chi connectivity index (χ2v) is 10.2. The summed E-state index contributed by atoms with van der Waals surface area (Å²) in [4.78, 5) is 12.7. The van der Waals surface area contributed by atoms with Crippen molar-refractivity contribution in [3.63, 3.8) is 0 Å². The molecule has 0 saturated carbocycles. The summed E-state index contributed by atoms with van der Waals surface area (Å²) in [5.74, 6) is 1.60. The number of carbonyl (C=O) groups is 1. The van der Waals surface area contributed by atoms with Crippen molar-refractivity contribution in [2.24, 2.45) is 0 Å². The van der Waals surface area contributed by atoms with Gasteiger partial charge in [-0.15, -0.1) is 10.2 Å². The van der Waals surface area contributed by atoms with Crippen LogP contribution in [0.15, 0.2) is 62.8 Å². The van der Waals surface area contributed by atoms with Gasteiger partial charge in [-0.25, -0.2) is 0 Å². The number of hydrogen-bond acceptors (Lipinski definition) is 7. The zero-order valence-corrected chi connectivity index (χ0v) is 20.1. The molecule has 1 atom stereocenters. The maximum atomic E-state index is 12.7. The third-order valence-corrected chi connectivity index (χ3v) is 6.23. The van der Waals surface area contributed by atoms with Crippen LogP contribution in [0.4, 0.5) is 5.88 Å². The van der Waals surface area contributed by atoms with Crippen LogP contribution in [0.1, 0.15) is 44.7 Å². The largest absolute Gasteiger partial charge is 0.467 e. The summed E-state index contributed by atoms with van der Waals surface area (Å²) in [7, 11) is 0. The molecule has 1 unspecified atom stereocenters. The van der Waals surface area contributed by atoms with Crippen molar-refractivity contribution in [3.8, 4) is 11.4 Å². The highest BCUT2D eigenvalue weighted by molar-refractivity contribution is 8.00. The lowest BCUT2D eigenvalue weighted by molar-refractivity contribution is -0.115. The number of nitrogens with zero attached hydrogens (tertiary/aromatic N) is 4. The van der Waals surface area contributed by atoms with E-state index < -0.39 is 5.25 Å². The number of aromatic nitrogens is 4. The number of anilines is 1. The molecule has 0 fully saturated rings. The molecule has 4 rings (SSSR count). The van der Waals surface area contributed by atoms with Crippen LogP contribution >= 0.6 is 11.8 Å². The van der Waals surface area contributed by atoms with Crippen LogP contribution in [-0.2, 0) is 16.8 Å². The average molecular weight is 466 g/mol. The fraction of sp³-hybridized carbons (Fsp3) is 0.333. The van der Waals surface area contributed by atoms with Crippen LogP contribution in [0.5, 0.6) is 0 Å². The number of aryl methyl sites for hydroxylation is 1. The van der Waals surface area contributed by atoms with Crippen molar-refractivity contribution in [1.82, 2.24) is 19.9 Å². The van der Waals surface area contributed by atoms with Gasteiger partial charge in [0.25, 0.3) is 0 Å². The number of hydrogen-bond donors (Lipinski definition) is 1. The summed E-state index contributed by atoms with van der Waals surface area (Å²) in [6, 6.07) is 13.8. The molecule has 1 aromatic carbocycles. The zero-order valence-electron chi connectivity index (χ0n) is 19.3. The Morgan fingerprint density at radius 1 is 1.18 bits per heavy atom. The molecule has 0 bridgehead atoms. The van der Waals surface area contributed by atoms with Gasteiger partial charge in [0.1, 0.15) is 5.76 Å². The van der Waals surface area contributed by atoms with Crippen molar-refractivity contribution in [1.29, 1.82) is 0 Å². The number of rotatable bonds is 7. The molecule has 9 heteroatoms. The number of nitrogens with one attached hydrogen (secondary N) is 1. The van der Waals surface area contributed by atoms with E-state index in [1.54, 1.807) is 19.3 Å². The van der Waals surface area contributed by atoms with Crippen LogP contribution < -0.4 is 5.32 Å². The molecular formula is C24H27N5O3S. The summed E-state index contributed by atoms with van der Waals surface area (Å²) in [6.07, 6.45) is 1.64. The molecule has 0 aliphatic carbocycles. The minimum atomic E-state index is -0.439. The van der Waals surface area contributed by atoms with Crippen molar-refractivity contribution < 1.29 is 13.7 Å². The molecule has 1 N–H and O–H groups in total. The third-order valence-electron chi connectivity index (χ3n) is 5.15. The van der Waals surface area contributed by atoms with Gasteiger partial charge in [0.15, 0.2) is 11.0 Å². The Hall–Kier alpha value is -3.33. The highest BCUT2D eigenvalue weighted by Crippen LogP contribution is 2.30. The quantitative estimate of drug-likeness (QED) is 0.370. The molecule has 0 spiro atoms. The highest BCUT2D eigenvalue weighted by Gasteiger charge is 2.23. The first-order valence-corrected chi connectivity index (χ1v) is 11.6. The SMILES string of the molecule is Cc1cc(NC(=O)C(C)Sc2nnc(-c3ccc(C(C)(C)C)cc3)n2Cc2ccco2)on1. The molecule has 1 amide bonds. The third kappa shape index (κ3) is 5.36. The molecule has 8 nitrogen and oxygen atoms in total. The minimum absolute atomic E-state index is 0.0617. The topological polar surface area (TPSA) is 99.0 Å². The molecule has 0 saturated heterocycles. The fourth-order valence-electron chi connectivity index (χ4n) is 3.27. The van der Waals surface area contributed by atoms with E-state index in [1.165, 1.54) is 17.3 Å². The van der Waals surface area contributed by atoms with E-state index in [0.717, 1.165) is 11.3 Å². The highest BCUT2D eigenvalue weighted by atomic mass is 32.2. The Labute approximate surface area is 196 Å². The van der Waals surface area contributed by atoms with Gasteiger partial charge in [-0.05, 0) is 37.0 Å². The number of benzene rings is 1. The molecule has 0 radical (unpaired) electrons. The van der Waals surface area contributed by atoms with E-state index in [4.69, 9.17) is 8.94 Å². The number of furan rings is 1. The van der Waals surface area contributed by atoms with Crippen molar-refractivity contribution >= 4 is 23.6 Å². The van der Waals surface area contributed by atoms with Gasteiger partial charge >= 0.3 is 0 Å². The molecule has 3 heterocycles. The van der Waals surface area contributed by atoms with Gasteiger partial charge in [-0.2, -0.15) is 0 Å². The van der Waals surface area contributed by atoms with E-state index in [2.05, 4.69) is 65.7 Å². The molecule has 0 aliphatic rings. The normalized spacial score (nSPS) is 12.6. The summed E-state index contributed by atoms with van der Waals surface area (Å²) in [5, 5.41) is 15.6. The first-order valence-electron chi connectivity index (χ1n) is 10.7. The van der Waals surface area contributed by atoms with Gasteiger partial charge in [0, 0.05) is 11.6 Å². The molecule has 172 valence electrons. The Morgan fingerprint density at radius 3 is 2.55 bits per heavy atom. The lowest BCUT2D eigenvalue weighted by atomic mass is 9.87. The van der Waals surface area contributed by atoms with Gasteiger partial charge in [0.2, 0.25) is 11.8 Å². The Kier molecular flexibility index (Phi) is 6.42. The van der Waals surface area contributed by atoms with Gasteiger partial charge in [0.05, 0.1) is 23.8 Å². The van der Waals surface area contributed by atoms with Crippen LogP contribution in [0, 0.1) is 6.92 Å². The van der Waals surface area contributed by atoms with Crippen LogP contribution in [0.2, 0.25) is 0 Å². The molecule has 4 aromatic rings. The monoisotopic (exact) mass is 465 g/mol. The van der Waals surface area contributed by atoms with E-state index in [-0.39, 0.29) is 11.3 Å². The summed E-state index contributed by atoms with van der Waals surface area (Å²) >= 11 is 1.32. The maximum absolute atomic E-state index is 12.7. The number of carbonyl (C=O) groups excluding carboxylic acids is 1. The van der Waals surface area contributed by atoms with Crippen LogP contribution in [-0.4, -0.2) is 31.1 Å². The van der Waals surface area contributed by atoms with Gasteiger partial charge < -0.3 is 8.94 Å². The van der Waals surface area contributed by atoms with E-state index in [9.17, 15) is 4.79 Å². The lowest BCUT2D eigenvalue weighted by Gasteiger charge is -2.19. The fourth-order valence-corrected chi connectivity index (χ4v) is 4.12. The zero-order chi connectivity index (χ0) is 23.6. The summed E-state index contributed by atoms with van der Waals surface area (Å²) in [5.41, 5.74) is 2.95. The van der Waals surface area contributed by atoms with Gasteiger partial charge in [-0.3, -0.25) is 14.7 Å². The van der Waals surface area contributed by atoms with Crippen molar-refractivity contribution in [3.05, 3.63) is 65.7 Å². The average Bonchev–Trinajstić information content (AvgIpc) is 3.51. The van der Waals surface area contributed by atoms with E-state index in [0.29, 0.717) is 29.1 Å². The molecule has 3 aromatic heterocycles. The van der Waals surface area contributed by atoms with E-state index in [1.807, 2.05) is 23.6 Å². The number of thioether (sulfide) groups is 1. The first-order chi connectivity index (χ1) is 15.7. The van der Waals surface area contributed by atoms with E-state index >= 15 is 0 Å². The predicted octanol–water partition coefficient (Wildman–Crippen LogP) is 5.30. The Balaban J connectivity index is 1.60. The van der Waals surface area contributed by atoms with Crippen LogP contribution in [0.3, 0.4) is 0 Å². The molecule has 33 heavy (non-hydrogen) atoms. The maximum Gasteiger partial charge on any atom is 0.240 e. The Bertz CT molecular complexity index is 1220. The number of amides is 1. The second-order valence-electron chi connectivity index (χ2n) is 8.88. The van der Waals surface area contributed by atoms with Gasteiger partial charge in [-0.1, -0.05) is 62.0 Å². The van der Waals surface area contributed by atoms with Crippen molar-refractivity contribution in [2.45, 2.75) is 57.0 Å². The smallest absolute Gasteiger partial charge is 0.240 e. The molecule has 0 aliphatic heterocycles. The standard InChI is InChI=1S/C24H27N5O3S/c1-15-13-20(32-28-15)25-22(30)16(2)33-23-27-26-21(29(23)14-19-7-6-12-31-19)17-8-10-18(11-9-17)24(3,4)5/h6-13,16H,14H2,1-5H3,(H,25,30). The lowest BCUT2D eigenvalue weighted by Crippen LogP contribution is -2.22.